The Bertz CT molecular complexity index is 900. The number of aryl methyl sites for hydroxylation is 1. The Morgan fingerprint density at radius 3 is 2.79 bits per heavy atom. The molecule has 2 aliphatic heterocycles. The number of anilines is 3. The molecule has 3 heterocycles. The number of alkyl halides is 3. The normalized spacial score (nSPS) is 21.3. The van der Waals surface area contributed by atoms with Crippen molar-refractivity contribution in [1.29, 1.82) is 0 Å². The van der Waals surface area contributed by atoms with E-state index in [1.807, 2.05) is 17.9 Å². The van der Waals surface area contributed by atoms with Crippen LogP contribution in [0.15, 0.2) is 24.3 Å². The Hall–Kier alpha value is -2.48. The minimum Gasteiger partial charge on any atom is -0.480 e. The lowest BCUT2D eigenvalue weighted by Gasteiger charge is -2.31. The lowest BCUT2D eigenvalue weighted by Crippen LogP contribution is -2.42. The number of nitrogens with one attached hydrogen (secondary N) is 2. The molecule has 2 N–H and O–H groups in total. The number of pyridine rings is 1. The largest absolute Gasteiger partial charge is 0.480 e. The van der Waals surface area contributed by atoms with Crippen LogP contribution in [0.4, 0.5) is 30.2 Å². The van der Waals surface area contributed by atoms with E-state index in [1.165, 1.54) is 13.2 Å². The van der Waals surface area contributed by atoms with Gasteiger partial charge in [-0.2, -0.15) is 13.2 Å². The van der Waals surface area contributed by atoms with Crippen molar-refractivity contribution < 1.29 is 17.9 Å². The third-order valence-electron chi connectivity index (χ3n) is 5.61. The first-order valence-corrected chi connectivity index (χ1v) is 9.27. The van der Waals surface area contributed by atoms with Crippen molar-refractivity contribution in [2.45, 2.75) is 31.5 Å². The van der Waals surface area contributed by atoms with E-state index in [0.29, 0.717) is 29.5 Å². The molecule has 2 aromatic rings. The lowest BCUT2D eigenvalue weighted by atomic mass is 9.89. The van der Waals surface area contributed by atoms with Gasteiger partial charge in [0.25, 0.3) is 0 Å². The van der Waals surface area contributed by atoms with E-state index < -0.39 is 11.7 Å². The average molecular weight is 392 g/mol. The summed E-state index contributed by atoms with van der Waals surface area (Å²) in [5.41, 5.74) is 2.11. The first kappa shape index (κ1) is 18.9. The van der Waals surface area contributed by atoms with Gasteiger partial charge in [-0.05, 0) is 49.7 Å². The Kier molecular flexibility index (Phi) is 4.61. The summed E-state index contributed by atoms with van der Waals surface area (Å²) in [6.45, 7) is 3.33. The number of methoxy groups -OCH3 is 1. The molecule has 8 heteroatoms. The highest BCUT2D eigenvalue weighted by molar-refractivity contribution is 5.75. The molecule has 0 aliphatic carbocycles. The molecular formula is C20H23F3N4O. The van der Waals surface area contributed by atoms with Crippen molar-refractivity contribution in [3.8, 4) is 5.88 Å². The molecule has 1 aromatic heterocycles. The van der Waals surface area contributed by atoms with Crippen molar-refractivity contribution in [3.63, 3.8) is 0 Å². The molecule has 0 saturated carbocycles. The van der Waals surface area contributed by atoms with E-state index >= 15 is 0 Å². The number of halogens is 3. The van der Waals surface area contributed by atoms with Crippen molar-refractivity contribution in [3.05, 3.63) is 41.1 Å². The summed E-state index contributed by atoms with van der Waals surface area (Å²) in [6, 6.07) is 6.65. The molecule has 150 valence electrons. The first-order chi connectivity index (χ1) is 13.3. The molecular weight excluding hydrogens is 369 g/mol. The molecule has 4 rings (SSSR count). The van der Waals surface area contributed by atoms with Crippen molar-refractivity contribution in [2.24, 2.45) is 0 Å². The van der Waals surface area contributed by atoms with E-state index in [9.17, 15) is 13.2 Å². The van der Waals surface area contributed by atoms with Gasteiger partial charge in [-0.25, -0.2) is 4.98 Å². The summed E-state index contributed by atoms with van der Waals surface area (Å²) >= 11 is 0. The summed E-state index contributed by atoms with van der Waals surface area (Å²) < 4.78 is 47.0. The SMILES string of the molecule is COc1nc(C)ccc1Nc1cc2c(c(C(F)(F)F)c1)N(C)[C@@H]1CCNC[C@H]21. The van der Waals surface area contributed by atoms with Gasteiger partial charge in [0.05, 0.1) is 18.4 Å². The molecule has 0 spiro atoms. The van der Waals surface area contributed by atoms with Gasteiger partial charge in [0.2, 0.25) is 5.88 Å². The maximum atomic E-state index is 13.9. The zero-order chi connectivity index (χ0) is 20.1. The minimum absolute atomic E-state index is 0.0367. The number of fused-ring (bicyclic) bond motifs is 3. The maximum Gasteiger partial charge on any atom is 0.418 e. The predicted octanol–water partition coefficient (Wildman–Crippen LogP) is 4.06. The second-order valence-corrected chi connectivity index (χ2v) is 7.37. The minimum atomic E-state index is -4.44. The highest BCUT2D eigenvalue weighted by Crippen LogP contribution is 2.50. The van der Waals surface area contributed by atoms with E-state index in [-0.39, 0.29) is 12.0 Å². The zero-order valence-corrected chi connectivity index (χ0v) is 16.0. The Balaban J connectivity index is 1.81. The lowest BCUT2D eigenvalue weighted by molar-refractivity contribution is -0.137. The van der Waals surface area contributed by atoms with Gasteiger partial charge in [-0.1, -0.05) is 0 Å². The van der Waals surface area contributed by atoms with E-state index in [4.69, 9.17) is 4.74 Å². The summed E-state index contributed by atoms with van der Waals surface area (Å²) in [5, 5.41) is 6.39. The van der Waals surface area contributed by atoms with Crippen molar-refractivity contribution >= 4 is 17.1 Å². The van der Waals surface area contributed by atoms with Crippen molar-refractivity contribution in [2.75, 3.05) is 37.5 Å². The molecule has 0 unspecified atom stereocenters. The maximum absolute atomic E-state index is 13.9. The van der Waals surface area contributed by atoms with Crippen LogP contribution < -0.4 is 20.3 Å². The quantitative estimate of drug-likeness (QED) is 0.825. The number of rotatable bonds is 3. The van der Waals surface area contributed by atoms with Crippen LogP contribution in [0.1, 0.15) is 29.2 Å². The van der Waals surface area contributed by atoms with Gasteiger partial charge in [-0.3, -0.25) is 0 Å². The van der Waals surface area contributed by atoms with Crippen LogP contribution in [0.2, 0.25) is 0 Å². The Morgan fingerprint density at radius 2 is 2.07 bits per heavy atom. The molecule has 2 aliphatic rings. The van der Waals surface area contributed by atoms with E-state index in [1.54, 1.807) is 19.2 Å². The van der Waals surface area contributed by atoms with Crippen molar-refractivity contribution in [1.82, 2.24) is 10.3 Å². The second-order valence-electron chi connectivity index (χ2n) is 7.37. The molecule has 0 amide bonds. The van der Waals surface area contributed by atoms with Gasteiger partial charge in [0.1, 0.15) is 5.69 Å². The number of piperidine rings is 1. The number of aromatic nitrogens is 1. The number of likely N-dealkylation sites (N-methyl/N-ethyl adjacent to an activating group) is 1. The third kappa shape index (κ3) is 3.15. The number of hydrogen-bond donors (Lipinski definition) is 2. The number of hydrogen-bond acceptors (Lipinski definition) is 5. The molecule has 1 fully saturated rings. The van der Waals surface area contributed by atoms with Gasteiger partial charge in [0.15, 0.2) is 0 Å². The first-order valence-electron chi connectivity index (χ1n) is 9.27. The highest BCUT2D eigenvalue weighted by atomic mass is 19.4. The molecule has 0 radical (unpaired) electrons. The average Bonchev–Trinajstić information content (AvgIpc) is 2.95. The standard InChI is InChI=1S/C20H23F3N4O/c1-11-4-5-16(19(25-11)28-3)26-12-8-13-14-10-24-7-6-17(14)27(2)18(13)15(9-12)20(21,22)23/h4-5,8-9,14,17,24,26H,6-7,10H2,1-3H3/t14-,17-/m1/s1. The van der Waals surface area contributed by atoms with Crippen LogP contribution in [0.3, 0.4) is 0 Å². The topological polar surface area (TPSA) is 49.4 Å². The molecule has 0 bridgehead atoms. The summed E-state index contributed by atoms with van der Waals surface area (Å²) in [5.74, 6) is 0.387. The third-order valence-corrected chi connectivity index (χ3v) is 5.61. The fraction of sp³-hybridized carbons (Fsp3) is 0.450. The van der Waals surface area contributed by atoms with Gasteiger partial charge in [0, 0.05) is 36.9 Å². The van der Waals surface area contributed by atoms with Gasteiger partial charge >= 0.3 is 6.18 Å². The molecule has 1 aromatic carbocycles. The summed E-state index contributed by atoms with van der Waals surface area (Å²) in [4.78, 5) is 6.09. The number of nitrogens with zero attached hydrogens (tertiary/aromatic N) is 2. The van der Waals surface area contributed by atoms with Gasteiger partial charge < -0.3 is 20.3 Å². The predicted molar refractivity (Wildman–Crippen MR) is 103 cm³/mol. The fourth-order valence-electron chi connectivity index (χ4n) is 4.35. The molecule has 5 nitrogen and oxygen atoms in total. The Morgan fingerprint density at radius 1 is 1.29 bits per heavy atom. The molecule has 28 heavy (non-hydrogen) atoms. The molecule has 1 saturated heterocycles. The molecule has 2 atom stereocenters. The van der Waals surface area contributed by atoms with Gasteiger partial charge in [-0.15, -0.1) is 0 Å². The van der Waals surface area contributed by atoms with Crippen LogP contribution in [0, 0.1) is 6.92 Å². The van der Waals surface area contributed by atoms with Crippen LogP contribution in [0.5, 0.6) is 5.88 Å². The smallest absolute Gasteiger partial charge is 0.418 e. The van der Waals surface area contributed by atoms with E-state index in [0.717, 1.165) is 24.2 Å². The second kappa shape index (κ2) is 6.84. The number of benzene rings is 1. The van der Waals surface area contributed by atoms with Crippen LogP contribution >= 0.6 is 0 Å². The van der Waals surface area contributed by atoms with E-state index in [2.05, 4.69) is 15.6 Å². The van der Waals surface area contributed by atoms with Crippen LogP contribution in [0.25, 0.3) is 0 Å². The fourth-order valence-corrected chi connectivity index (χ4v) is 4.35. The summed E-state index contributed by atoms with van der Waals surface area (Å²) in [6.07, 6.45) is -3.61. The zero-order valence-electron chi connectivity index (χ0n) is 16.0. The Labute approximate surface area is 161 Å². The highest BCUT2D eigenvalue weighted by Gasteiger charge is 2.45. The summed E-state index contributed by atoms with van der Waals surface area (Å²) in [7, 11) is 3.26. The monoisotopic (exact) mass is 392 g/mol. The van der Waals surface area contributed by atoms with Crippen LogP contribution in [-0.2, 0) is 6.18 Å². The van der Waals surface area contributed by atoms with Crippen LogP contribution in [-0.4, -0.2) is 38.3 Å². The number of ether oxygens (including phenoxy) is 1.